The molecule has 25 heavy (non-hydrogen) atoms. The van der Waals surface area contributed by atoms with Crippen molar-refractivity contribution in [2.45, 2.75) is 19.4 Å². The van der Waals surface area contributed by atoms with Gasteiger partial charge >= 0.3 is 0 Å². The summed E-state index contributed by atoms with van der Waals surface area (Å²) in [6, 6.07) is 15.6. The molecule has 1 aromatic heterocycles. The molecule has 0 saturated carbocycles. The highest BCUT2D eigenvalue weighted by Crippen LogP contribution is 2.07. The van der Waals surface area contributed by atoms with Crippen molar-refractivity contribution in [3.8, 4) is 0 Å². The lowest BCUT2D eigenvalue weighted by Gasteiger charge is -2.34. The van der Waals surface area contributed by atoms with Gasteiger partial charge in [0.1, 0.15) is 0 Å². The number of hydrogen-bond acceptors (Lipinski definition) is 3. The number of pyridine rings is 1. The van der Waals surface area contributed by atoms with Crippen LogP contribution in [-0.2, 0) is 17.8 Å². The molecule has 0 bridgehead atoms. The Morgan fingerprint density at radius 2 is 1.60 bits per heavy atom. The maximum Gasteiger partial charge on any atom is 0.250 e. The zero-order chi connectivity index (χ0) is 17.5. The van der Waals surface area contributed by atoms with Crippen molar-refractivity contribution < 1.29 is 4.79 Å². The quantitative estimate of drug-likeness (QED) is 0.803. The van der Waals surface area contributed by atoms with E-state index in [1.54, 1.807) is 16.8 Å². The van der Waals surface area contributed by atoms with E-state index in [1.807, 2.05) is 17.0 Å². The number of amides is 1. The van der Waals surface area contributed by atoms with Crippen molar-refractivity contribution in [2.75, 3.05) is 32.7 Å². The second-order valence-electron chi connectivity index (χ2n) is 6.44. The Balaban J connectivity index is 1.40. The molecule has 1 aromatic carbocycles. The Morgan fingerprint density at radius 3 is 2.32 bits per heavy atom. The molecule has 0 radical (unpaired) electrons. The van der Waals surface area contributed by atoms with Gasteiger partial charge in [0.2, 0.25) is 5.91 Å². The maximum absolute atomic E-state index is 12.4. The van der Waals surface area contributed by atoms with Crippen LogP contribution in [0.3, 0.4) is 0 Å². The number of carbonyl (C=O) groups is 1. The topological polar surface area (TPSA) is 45.6 Å². The van der Waals surface area contributed by atoms with E-state index in [1.165, 1.54) is 11.6 Å². The van der Waals surface area contributed by atoms with Crippen LogP contribution >= 0.6 is 0 Å². The molecule has 1 aliphatic heterocycles. The molecule has 1 fully saturated rings. The smallest absolute Gasteiger partial charge is 0.250 e. The van der Waals surface area contributed by atoms with Crippen LogP contribution in [-0.4, -0.2) is 53.0 Å². The Morgan fingerprint density at radius 1 is 0.880 bits per heavy atom. The van der Waals surface area contributed by atoms with E-state index < -0.39 is 0 Å². The molecule has 0 atom stereocenters. The van der Waals surface area contributed by atoms with Crippen LogP contribution in [0.1, 0.15) is 12.0 Å². The van der Waals surface area contributed by atoms with Crippen LogP contribution < -0.4 is 5.56 Å². The minimum Gasteiger partial charge on any atom is -0.340 e. The van der Waals surface area contributed by atoms with Gasteiger partial charge < -0.3 is 9.47 Å². The summed E-state index contributed by atoms with van der Waals surface area (Å²) >= 11 is 0. The maximum atomic E-state index is 12.4. The first-order valence-corrected chi connectivity index (χ1v) is 8.92. The third kappa shape index (κ3) is 5.03. The van der Waals surface area contributed by atoms with Crippen LogP contribution in [0, 0.1) is 0 Å². The van der Waals surface area contributed by atoms with Gasteiger partial charge in [-0.2, -0.15) is 0 Å². The Kier molecular flexibility index (Phi) is 6.01. The molecular formula is C20H25N3O2. The third-order valence-corrected chi connectivity index (χ3v) is 4.75. The fourth-order valence-electron chi connectivity index (χ4n) is 3.17. The number of carbonyl (C=O) groups excluding carboxylic acids is 1. The van der Waals surface area contributed by atoms with Crippen LogP contribution in [0.5, 0.6) is 0 Å². The summed E-state index contributed by atoms with van der Waals surface area (Å²) in [5.41, 5.74) is 1.30. The summed E-state index contributed by atoms with van der Waals surface area (Å²) in [4.78, 5) is 28.4. The zero-order valence-corrected chi connectivity index (χ0v) is 14.5. The lowest BCUT2D eigenvalue weighted by Crippen LogP contribution is -2.49. The summed E-state index contributed by atoms with van der Waals surface area (Å²) in [6.45, 7) is 4.88. The van der Waals surface area contributed by atoms with Crippen molar-refractivity contribution in [1.82, 2.24) is 14.4 Å². The lowest BCUT2D eigenvalue weighted by atomic mass is 10.1. The molecule has 0 aliphatic carbocycles. The number of nitrogens with zero attached hydrogens (tertiary/aromatic N) is 3. The van der Waals surface area contributed by atoms with E-state index in [-0.39, 0.29) is 11.5 Å². The van der Waals surface area contributed by atoms with E-state index in [9.17, 15) is 9.59 Å². The third-order valence-electron chi connectivity index (χ3n) is 4.75. The average Bonchev–Trinajstić information content (AvgIpc) is 2.67. The normalized spacial score (nSPS) is 15.3. The first-order valence-electron chi connectivity index (χ1n) is 8.92. The number of aromatic nitrogens is 1. The second-order valence-corrected chi connectivity index (χ2v) is 6.44. The van der Waals surface area contributed by atoms with Crippen LogP contribution in [0.2, 0.25) is 0 Å². The summed E-state index contributed by atoms with van der Waals surface area (Å²) in [6.07, 6.45) is 3.16. The zero-order valence-electron chi connectivity index (χ0n) is 14.5. The molecule has 2 aromatic rings. The molecule has 3 rings (SSSR count). The highest BCUT2D eigenvalue weighted by Gasteiger charge is 2.20. The summed E-state index contributed by atoms with van der Waals surface area (Å²) in [7, 11) is 0. The molecule has 5 heteroatoms. The molecule has 1 amide bonds. The number of rotatable bonds is 6. The molecule has 0 N–H and O–H groups in total. The predicted octanol–water partition coefficient (Wildman–Crippen LogP) is 1.63. The van der Waals surface area contributed by atoms with Crippen molar-refractivity contribution in [1.29, 1.82) is 0 Å². The van der Waals surface area contributed by atoms with E-state index in [2.05, 4.69) is 29.2 Å². The van der Waals surface area contributed by atoms with Gasteiger partial charge in [-0.15, -0.1) is 0 Å². The molecule has 132 valence electrons. The van der Waals surface area contributed by atoms with E-state index in [4.69, 9.17) is 0 Å². The van der Waals surface area contributed by atoms with Crippen molar-refractivity contribution >= 4 is 5.91 Å². The molecule has 2 heterocycles. The number of hydrogen-bond donors (Lipinski definition) is 0. The molecule has 1 aliphatic rings. The minimum atomic E-state index is -0.0546. The average molecular weight is 339 g/mol. The van der Waals surface area contributed by atoms with Gasteiger partial charge in [-0.3, -0.25) is 14.5 Å². The fraction of sp³-hybridized carbons (Fsp3) is 0.400. The van der Waals surface area contributed by atoms with E-state index in [0.29, 0.717) is 13.0 Å². The molecule has 1 saturated heterocycles. The number of aryl methyl sites for hydroxylation is 1. The highest BCUT2D eigenvalue weighted by atomic mass is 16.2. The van der Waals surface area contributed by atoms with Gasteiger partial charge in [-0.25, -0.2) is 0 Å². The first kappa shape index (κ1) is 17.4. The lowest BCUT2D eigenvalue weighted by molar-refractivity contribution is -0.133. The van der Waals surface area contributed by atoms with Gasteiger partial charge in [0, 0.05) is 58.0 Å². The number of benzene rings is 1. The van der Waals surface area contributed by atoms with Crippen LogP contribution in [0.25, 0.3) is 0 Å². The molecule has 0 spiro atoms. The van der Waals surface area contributed by atoms with Gasteiger partial charge in [0.25, 0.3) is 5.56 Å². The Bertz CT molecular complexity index is 734. The summed E-state index contributed by atoms with van der Waals surface area (Å²) in [5.74, 6) is 0.137. The molecule has 5 nitrogen and oxygen atoms in total. The van der Waals surface area contributed by atoms with Gasteiger partial charge in [-0.05, 0) is 18.1 Å². The van der Waals surface area contributed by atoms with Crippen molar-refractivity contribution in [2.24, 2.45) is 0 Å². The Labute approximate surface area is 148 Å². The van der Waals surface area contributed by atoms with Crippen LogP contribution in [0.15, 0.2) is 59.5 Å². The second kappa shape index (κ2) is 8.62. The summed E-state index contributed by atoms with van der Waals surface area (Å²) in [5, 5.41) is 0. The molecule has 0 unspecified atom stereocenters. The SMILES string of the molecule is O=C(CCn1ccccc1=O)N1CCN(CCc2ccccc2)CC1. The van der Waals surface area contributed by atoms with Gasteiger partial charge in [0.15, 0.2) is 0 Å². The van der Waals surface area contributed by atoms with Crippen LogP contribution in [0.4, 0.5) is 0 Å². The van der Waals surface area contributed by atoms with Crippen molar-refractivity contribution in [3.05, 3.63) is 70.6 Å². The van der Waals surface area contributed by atoms with Crippen molar-refractivity contribution in [3.63, 3.8) is 0 Å². The van der Waals surface area contributed by atoms with Gasteiger partial charge in [0.05, 0.1) is 0 Å². The predicted molar refractivity (Wildman–Crippen MR) is 98.5 cm³/mol. The highest BCUT2D eigenvalue weighted by molar-refractivity contribution is 5.76. The minimum absolute atomic E-state index is 0.0546. The molecular weight excluding hydrogens is 314 g/mol. The van der Waals surface area contributed by atoms with Gasteiger partial charge in [-0.1, -0.05) is 36.4 Å². The fourth-order valence-corrected chi connectivity index (χ4v) is 3.17. The Hall–Kier alpha value is -2.40. The standard InChI is InChI=1S/C20H25N3O2/c24-19-8-4-5-11-22(19)13-10-20(25)23-16-14-21(15-17-23)12-9-18-6-2-1-3-7-18/h1-8,11H,9-10,12-17H2. The largest absolute Gasteiger partial charge is 0.340 e. The monoisotopic (exact) mass is 339 g/mol. The number of piperazine rings is 1. The first-order chi connectivity index (χ1) is 12.2. The van der Waals surface area contributed by atoms with E-state index >= 15 is 0 Å². The van der Waals surface area contributed by atoms with E-state index in [0.717, 1.165) is 39.1 Å². The summed E-state index contributed by atoms with van der Waals surface area (Å²) < 4.78 is 1.59.